The monoisotopic (exact) mass is 368 g/mol. The van der Waals surface area contributed by atoms with Crippen molar-refractivity contribution in [1.82, 2.24) is 0 Å². The summed E-state index contributed by atoms with van der Waals surface area (Å²) in [7, 11) is -1.87. The van der Waals surface area contributed by atoms with Crippen LogP contribution in [-0.4, -0.2) is 14.7 Å². The van der Waals surface area contributed by atoms with Gasteiger partial charge in [0, 0.05) is 0 Å². The van der Waals surface area contributed by atoms with Gasteiger partial charge in [-0.25, -0.2) is 0 Å². The standard InChI is InChI=1S/C24H36OSi/c1-10-17-25-22-19(24(5,6)7)14-12-16-21(22)26(8,9)20-15-11-13-18(20)23(2,3)4/h10-14,16H,1,15,17H2,2-9H3. The fourth-order valence-corrected chi connectivity index (χ4v) is 7.25. The van der Waals surface area contributed by atoms with E-state index in [4.69, 9.17) is 4.74 Å². The zero-order chi connectivity index (χ0) is 19.8. The lowest BCUT2D eigenvalue weighted by molar-refractivity contribution is 0.354. The third kappa shape index (κ3) is 4.06. The summed E-state index contributed by atoms with van der Waals surface area (Å²) in [5.41, 5.74) is 3.04. The molecule has 0 aromatic heterocycles. The van der Waals surface area contributed by atoms with Crippen molar-refractivity contribution in [1.29, 1.82) is 0 Å². The van der Waals surface area contributed by atoms with Gasteiger partial charge in [0.2, 0.25) is 0 Å². The second-order valence-corrected chi connectivity index (χ2v) is 14.3. The molecule has 0 N–H and O–H groups in total. The van der Waals surface area contributed by atoms with Gasteiger partial charge < -0.3 is 4.74 Å². The van der Waals surface area contributed by atoms with Crippen LogP contribution < -0.4 is 9.92 Å². The summed E-state index contributed by atoms with van der Waals surface area (Å²) in [5, 5.41) is 3.05. The van der Waals surface area contributed by atoms with Gasteiger partial charge in [0.1, 0.15) is 20.4 Å². The van der Waals surface area contributed by atoms with E-state index in [0.29, 0.717) is 6.61 Å². The molecule has 1 aromatic carbocycles. The van der Waals surface area contributed by atoms with Crippen molar-refractivity contribution in [2.24, 2.45) is 5.41 Å². The van der Waals surface area contributed by atoms with E-state index in [1.54, 1.807) is 5.20 Å². The van der Waals surface area contributed by atoms with Crippen molar-refractivity contribution in [3.05, 3.63) is 59.3 Å². The summed E-state index contributed by atoms with van der Waals surface area (Å²) in [5.74, 6) is 1.09. The molecule has 1 nitrogen and oxygen atoms in total. The van der Waals surface area contributed by atoms with Gasteiger partial charge in [-0.05, 0) is 33.6 Å². The zero-order valence-electron chi connectivity index (χ0n) is 18.0. The van der Waals surface area contributed by atoms with Gasteiger partial charge in [-0.3, -0.25) is 0 Å². The van der Waals surface area contributed by atoms with Crippen molar-refractivity contribution in [3.8, 4) is 5.75 Å². The largest absolute Gasteiger partial charge is 0.489 e. The maximum absolute atomic E-state index is 6.28. The molecule has 1 aliphatic carbocycles. The Kier molecular flexibility index (Phi) is 5.77. The minimum Gasteiger partial charge on any atom is -0.489 e. The highest BCUT2D eigenvalue weighted by molar-refractivity contribution is 6.96. The Morgan fingerprint density at radius 1 is 1.08 bits per heavy atom. The third-order valence-electron chi connectivity index (χ3n) is 5.34. The maximum atomic E-state index is 6.28. The highest BCUT2D eigenvalue weighted by atomic mass is 28.3. The van der Waals surface area contributed by atoms with Crippen LogP contribution in [-0.2, 0) is 5.41 Å². The Balaban J connectivity index is 2.68. The molecule has 0 unspecified atom stereocenters. The first kappa shape index (κ1) is 20.8. The number of allylic oxidation sites excluding steroid dienone is 4. The van der Waals surface area contributed by atoms with E-state index in [0.717, 1.165) is 12.2 Å². The fraction of sp³-hybridized carbons (Fsp3) is 0.500. The highest BCUT2D eigenvalue weighted by Crippen LogP contribution is 2.40. The Hall–Kier alpha value is -1.54. The lowest BCUT2D eigenvalue weighted by Crippen LogP contribution is -2.46. The van der Waals surface area contributed by atoms with Crippen molar-refractivity contribution in [2.45, 2.75) is 66.5 Å². The first-order valence-electron chi connectivity index (χ1n) is 9.69. The van der Waals surface area contributed by atoms with Crippen LogP contribution in [0, 0.1) is 5.41 Å². The van der Waals surface area contributed by atoms with E-state index in [1.807, 2.05) is 6.08 Å². The summed E-state index contributed by atoms with van der Waals surface area (Å²) in [4.78, 5) is 0. The lowest BCUT2D eigenvalue weighted by Gasteiger charge is -2.34. The number of para-hydroxylation sites is 1. The molecule has 2 heteroatoms. The van der Waals surface area contributed by atoms with Gasteiger partial charge in [0.15, 0.2) is 0 Å². The van der Waals surface area contributed by atoms with Crippen molar-refractivity contribution in [3.63, 3.8) is 0 Å². The summed E-state index contributed by atoms with van der Waals surface area (Å²) in [6, 6.07) is 6.73. The molecule has 2 rings (SSSR count). The zero-order valence-corrected chi connectivity index (χ0v) is 19.0. The van der Waals surface area contributed by atoms with E-state index < -0.39 is 8.07 Å². The van der Waals surface area contributed by atoms with Crippen LogP contribution in [0.2, 0.25) is 13.1 Å². The molecular weight excluding hydrogens is 332 g/mol. The smallest absolute Gasteiger partial charge is 0.123 e. The van der Waals surface area contributed by atoms with Gasteiger partial charge in [0.25, 0.3) is 0 Å². The molecule has 0 saturated carbocycles. The van der Waals surface area contributed by atoms with E-state index >= 15 is 0 Å². The molecule has 0 radical (unpaired) electrons. The lowest BCUT2D eigenvalue weighted by atomic mass is 9.86. The van der Waals surface area contributed by atoms with Gasteiger partial charge in [0.05, 0.1) is 0 Å². The molecule has 1 aromatic rings. The number of benzene rings is 1. The molecule has 1 aliphatic rings. The Morgan fingerprint density at radius 3 is 2.27 bits per heavy atom. The van der Waals surface area contributed by atoms with E-state index in [-0.39, 0.29) is 10.8 Å². The molecule has 0 heterocycles. The predicted molar refractivity (Wildman–Crippen MR) is 118 cm³/mol. The molecule has 0 fully saturated rings. The fourth-order valence-electron chi connectivity index (χ4n) is 3.88. The topological polar surface area (TPSA) is 9.23 Å². The first-order valence-corrected chi connectivity index (χ1v) is 12.7. The molecule has 0 bridgehead atoms. The van der Waals surface area contributed by atoms with Crippen molar-refractivity contribution >= 4 is 13.3 Å². The van der Waals surface area contributed by atoms with Gasteiger partial charge in [-0.15, -0.1) is 0 Å². The molecule has 0 saturated heterocycles. The van der Waals surface area contributed by atoms with Gasteiger partial charge in [-0.2, -0.15) is 0 Å². The van der Waals surface area contributed by atoms with E-state index in [9.17, 15) is 0 Å². The molecule has 26 heavy (non-hydrogen) atoms. The normalized spacial score (nSPS) is 15.5. The number of hydrogen-bond acceptors (Lipinski definition) is 1. The summed E-state index contributed by atoms with van der Waals surface area (Å²) < 4.78 is 6.28. The van der Waals surface area contributed by atoms with Gasteiger partial charge >= 0.3 is 0 Å². The highest BCUT2D eigenvalue weighted by Gasteiger charge is 2.37. The second-order valence-electron chi connectivity index (χ2n) is 9.91. The van der Waals surface area contributed by atoms with Crippen LogP contribution in [0.4, 0.5) is 0 Å². The minimum absolute atomic E-state index is 0.0478. The second kappa shape index (κ2) is 7.23. The molecular formula is C24H36OSi. The van der Waals surface area contributed by atoms with E-state index in [1.165, 1.54) is 16.3 Å². The molecule has 0 spiro atoms. The summed E-state index contributed by atoms with van der Waals surface area (Å²) >= 11 is 0. The Labute approximate surface area is 161 Å². The first-order chi connectivity index (χ1) is 11.9. The molecule has 0 amide bonds. The molecule has 0 aliphatic heterocycles. The van der Waals surface area contributed by atoms with E-state index in [2.05, 4.69) is 91.6 Å². The SMILES string of the molecule is C=CCOc1c(C(C)(C)C)cccc1[Si](C)(C)C1=C(C(C)(C)C)C=CC1. The van der Waals surface area contributed by atoms with Gasteiger partial charge in [-0.1, -0.05) is 103 Å². The van der Waals surface area contributed by atoms with Crippen LogP contribution in [0.25, 0.3) is 0 Å². The number of rotatable bonds is 5. The average Bonchev–Trinajstić information content (AvgIpc) is 3.02. The Bertz CT molecular complexity index is 736. The summed E-state index contributed by atoms with van der Waals surface area (Å²) in [6.45, 7) is 23.1. The van der Waals surface area contributed by atoms with Crippen LogP contribution >= 0.6 is 0 Å². The van der Waals surface area contributed by atoms with Crippen LogP contribution in [0.1, 0.15) is 53.5 Å². The number of hydrogen-bond donors (Lipinski definition) is 0. The average molecular weight is 369 g/mol. The van der Waals surface area contributed by atoms with Crippen molar-refractivity contribution < 1.29 is 4.74 Å². The maximum Gasteiger partial charge on any atom is 0.123 e. The molecule has 142 valence electrons. The third-order valence-corrected chi connectivity index (χ3v) is 9.06. The summed E-state index contributed by atoms with van der Waals surface area (Å²) in [6.07, 6.45) is 7.60. The van der Waals surface area contributed by atoms with Crippen LogP contribution in [0.15, 0.2) is 53.8 Å². The van der Waals surface area contributed by atoms with Crippen LogP contribution in [0.5, 0.6) is 5.75 Å². The predicted octanol–water partition coefficient (Wildman–Crippen LogP) is 6.31. The minimum atomic E-state index is -1.87. The van der Waals surface area contributed by atoms with Crippen LogP contribution in [0.3, 0.4) is 0 Å². The Morgan fingerprint density at radius 2 is 1.73 bits per heavy atom. The molecule has 0 atom stereocenters. The van der Waals surface area contributed by atoms with Crippen molar-refractivity contribution in [2.75, 3.05) is 6.61 Å². The quantitative estimate of drug-likeness (QED) is 0.437. The number of ether oxygens (including phenoxy) is 1.